The van der Waals surface area contributed by atoms with Crippen LogP contribution < -0.4 is 0 Å². The molecule has 0 saturated carbocycles. The molecule has 1 aromatic heterocycles. The number of aromatic nitrogens is 2. The van der Waals surface area contributed by atoms with E-state index in [1.165, 1.54) is 6.42 Å². The van der Waals surface area contributed by atoms with Crippen molar-refractivity contribution in [1.82, 2.24) is 15.0 Å². The summed E-state index contributed by atoms with van der Waals surface area (Å²) in [6.45, 7) is 10.3. The molecular weight excluding hydrogens is 282 g/mol. The van der Waals surface area contributed by atoms with Gasteiger partial charge in [-0.05, 0) is 39.2 Å². The number of hydrogen-bond acceptors (Lipinski definition) is 6. The summed E-state index contributed by atoms with van der Waals surface area (Å²) in [6.07, 6.45) is 2.84. The van der Waals surface area contributed by atoms with Crippen LogP contribution in [0.15, 0.2) is 4.52 Å². The second-order valence-electron chi connectivity index (χ2n) is 6.69. The summed E-state index contributed by atoms with van der Waals surface area (Å²) in [6, 6.07) is 0.179. The van der Waals surface area contributed by atoms with Gasteiger partial charge in [0.1, 0.15) is 6.10 Å². The number of aliphatic hydroxyl groups is 1. The zero-order valence-electron chi connectivity index (χ0n) is 14.2. The molecule has 1 N–H and O–H groups in total. The van der Waals surface area contributed by atoms with E-state index in [4.69, 9.17) is 9.26 Å². The smallest absolute Gasteiger partial charge is 0.240 e. The van der Waals surface area contributed by atoms with E-state index in [0.717, 1.165) is 19.4 Å². The molecule has 1 fully saturated rings. The maximum Gasteiger partial charge on any atom is 0.240 e. The van der Waals surface area contributed by atoms with Crippen molar-refractivity contribution >= 4 is 0 Å². The minimum Gasteiger partial charge on any atom is -0.392 e. The quantitative estimate of drug-likeness (QED) is 0.834. The molecule has 22 heavy (non-hydrogen) atoms. The fraction of sp³-hybridized carbons (Fsp3) is 0.875. The van der Waals surface area contributed by atoms with Gasteiger partial charge in [0.25, 0.3) is 0 Å². The van der Waals surface area contributed by atoms with Crippen LogP contribution in [0.2, 0.25) is 0 Å². The lowest BCUT2D eigenvalue weighted by Gasteiger charge is -2.36. The molecule has 0 bridgehead atoms. The highest BCUT2D eigenvalue weighted by Gasteiger charge is 2.28. The number of rotatable bonds is 7. The van der Waals surface area contributed by atoms with Gasteiger partial charge in [-0.1, -0.05) is 25.4 Å². The second kappa shape index (κ2) is 8.04. The zero-order valence-corrected chi connectivity index (χ0v) is 14.2. The van der Waals surface area contributed by atoms with Crippen molar-refractivity contribution in [2.45, 2.75) is 71.8 Å². The Bertz CT molecular complexity index is 448. The molecule has 6 heteroatoms. The van der Waals surface area contributed by atoms with Crippen molar-refractivity contribution in [3.8, 4) is 0 Å². The van der Waals surface area contributed by atoms with Gasteiger partial charge >= 0.3 is 0 Å². The molecular formula is C16H29N3O3. The van der Waals surface area contributed by atoms with Gasteiger partial charge in [-0.2, -0.15) is 4.98 Å². The van der Waals surface area contributed by atoms with Crippen LogP contribution in [0.3, 0.4) is 0 Å². The molecule has 1 aromatic rings. The number of ether oxygens (including phenoxy) is 1. The first-order valence-corrected chi connectivity index (χ1v) is 8.33. The third kappa shape index (κ3) is 4.76. The third-order valence-electron chi connectivity index (χ3n) is 4.09. The van der Waals surface area contributed by atoms with E-state index < -0.39 is 0 Å². The minimum absolute atomic E-state index is 0.159. The minimum atomic E-state index is -0.337. The standard InChI is InChI=1S/C16H29N3O3/c1-11(2)10-21-13(4)16-17-15(22-18-16)9-19-8-6-5-7-14(19)12(3)20/h11-14,20H,5-10H2,1-4H3/t12-,13+,14+/m0/s1. The van der Waals surface area contributed by atoms with E-state index in [1.54, 1.807) is 0 Å². The van der Waals surface area contributed by atoms with Crippen molar-refractivity contribution in [2.24, 2.45) is 5.92 Å². The molecule has 1 aliphatic rings. The van der Waals surface area contributed by atoms with Crippen LogP contribution in [0.25, 0.3) is 0 Å². The Morgan fingerprint density at radius 3 is 2.77 bits per heavy atom. The molecule has 0 spiro atoms. The molecule has 0 amide bonds. The van der Waals surface area contributed by atoms with E-state index in [0.29, 0.717) is 30.8 Å². The molecule has 3 atom stereocenters. The molecule has 0 aliphatic carbocycles. The maximum absolute atomic E-state index is 9.91. The van der Waals surface area contributed by atoms with Gasteiger partial charge in [0.15, 0.2) is 5.82 Å². The van der Waals surface area contributed by atoms with Gasteiger partial charge in [-0.25, -0.2) is 0 Å². The first kappa shape index (κ1) is 17.4. The lowest BCUT2D eigenvalue weighted by atomic mass is 9.98. The topological polar surface area (TPSA) is 71.6 Å². The highest BCUT2D eigenvalue weighted by Crippen LogP contribution is 2.22. The van der Waals surface area contributed by atoms with Gasteiger partial charge in [-0.15, -0.1) is 0 Å². The number of likely N-dealkylation sites (tertiary alicyclic amines) is 1. The average Bonchev–Trinajstić information content (AvgIpc) is 2.93. The van der Waals surface area contributed by atoms with Gasteiger partial charge in [0, 0.05) is 12.6 Å². The van der Waals surface area contributed by atoms with Crippen molar-refractivity contribution < 1.29 is 14.4 Å². The van der Waals surface area contributed by atoms with Crippen LogP contribution in [0.5, 0.6) is 0 Å². The number of hydrogen-bond donors (Lipinski definition) is 1. The van der Waals surface area contributed by atoms with E-state index in [9.17, 15) is 5.11 Å². The molecule has 0 unspecified atom stereocenters. The number of piperidine rings is 1. The highest BCUT2D eigenvalue weighted by molar-refractivity contribution is 4.92. The van der Waals surface area contributed by atoms with Gasteiger partial charge in [-0.3, -0.25) is 4.90 Å². The average molecular weight is 311 g/mol. The van der Waals surface area contributed by atoms with Crippen LogP contribution in [0.1, 0.15) is 64.8 Å². The van der Waals surface area contributed by atoms with Crippen LogP contribution in [0.4, 0.5) is 0 Å². The van der Waals surface area contributed by atoms with Crippen LogP contribution in [-0.4, -0.2) is 45.4 Å². The normalized spacial score (nSPS) is 22.9. The summed E-state index contributed by atoms with van der Waals surface area (Å²) in [5, 5.41) is 13.9. The molecule has 2 heterocycles. The fourth-order valence-corrected chi connectivity index (χ4v) is 2.84. The predicted octanol–water partition coefficient (Wildman–Crippen LogP) is 2.54. The zero-order chi connectivity index (χ0) is 16.1. The Kier molecular flexibility index (Phi) is 6.35. The number of nitrogens with zero attached hydrogens (tertiary/aromatic N) is 3. The summed E-state index contributed by atoms with van der Waals surface area (Å²) in [5.41, 5.74) is 0. The first-order chi connectivity index (χ1) is 10.5. The Labute approximate surface area is 132 Å². The first-order valence-electron chi connectivity index (χ1n) is 8.33. The van der Waals surface area contributed by atoms with E-state index in [-0.39, 0.29) is 18.2 Å². The molecule has 6 nitrogen and oxygen atoms in total. The highest BCUT2D eigenvalue weighted by atomic mass is 16.5. The Hall–Kier alpha value is -0.980. The van der Waals surface area contributed by atoms with E-state index in [2.05, 4.69) is 28.9 Å². The largest absolute Gasteiger partial charge is 0.392 e. The van der Waals surface area contributed by atoms with E-state index in [1.807, 2.05) is 13.8 Å². The van der Waals surface area contributed by atoms with Crippen LogP contribution in [-0.2, 0) is 11.3 Å². The molecule has 1 saturated heterocycles. The van der Waals surface area contributed by atoms with Crippen LogP contribution in [0, 0.1) is 5.92 Å². The van der Waals surface area contributed by atoms with Gasteiger partial charge in [0.05, 0.1) is 12.6 Å². The summed E-state index contributed by atoms with van der Waals surface area (Å²) in [5.74, 6) is 1.68. The molecule has 2 rings (SSSR count). The molecule has 0 aromatic carbocycles. The Morgan fingerprint density at radius 2 is 2.09 bits per heavy atom. The van der Waals surface area contributed by atoms with Crippen molar-refractivity contribution in [3.63, 3.8) is 0 Å². The lowest BCUT2D eigenvalue weighted by Crippen LogP contribution is -2.45. The molecule has 126 valence electrons. The summed E-state index contributed by atoms with van der Waals surface area (Å²) in [4.78, 5) is 6.69. The van der Waals surface area contributed by atoms with Crippen molar-refractivity contribution in [1.29, 1.82) is 0 Å². The van der Waals surface area contributed by atoms with Crippen molar-refractivity contribution in [2.75, 3.05) is 13.2 Å². The predicted molar refractivity (Wildman–Crippen MR) is 83.2 cm³/mol. The maximum atomic E-state index is 9.91. The van der Waals surface area contributed by atoms with Gasteiger partial charge < -0.3 is 14.4 Å². The number of aliphatic hydroxyl groups excluding tert-OH is 1. The molecule has 0 radical (unpaired) electrons. The summed E-state index contributed by atoms with van der Waals surface area (Å²) in [7, 11) is 0. The third-order valence-corrected chi connectivity index (χ3v) is 4.09. The van der Waals surface area contributed by atoms with Crippen molar-refractivity contribution in [3.05, 3.63) is 11.7 Å². The van der Waals surface area contributed by atoms with E-state index >= 15 is 0 Å². The Morgan fingerprint density at radius 1 is 1.32 bits per heavy atom. The Balaban J connectivity index is 1.93. The lowest BCUT2D eigenvalue weighted by molar-refractivity contribution is 0.0260. The van der Waals surface area contributed by atoms with Crippen LogP contribution >= 0.6 is 0 Å². The summed E-state index contributed by atoms with van der Waals surface area (Å²) >= 11 is 0. The fourth-order valence-electron chi connectivity index (χ4n) is 2.84. The SMILES string of the molecule is CC(C)CO[C@H](C)c1noc(CN2CCCC[C@@H]2[C@H](C)O)n1. The second-order valence-corrected chi connectivity index (χ2v) is 6.69. The monoisotopic (exact) mass is 311 g/mol. The summed E-state index contributed by atoms with van der Waals surface area (Å²) < 4.78 is 11.1. The molecule has 1 aliphatic heterocycles. The van der Waals surface area contributed by atoms with Gasteiger partial charge in [0.2, 0.25) is 5.89 Å².